The van der Waals surface area contributed by atoms with Gasteiger partial charge in [-0.15, -0.1) is 45.5 Å². The largest absolute Gasteiger partial charge is 0.374 e. The first-order valence-electron chi connectivity index (χ1n) is 10.2. The lowest BCUT2D eigenvalue weighted by atomic mass is 10.2. The summed E-state index contributed by atoms with van der Waals surface area (Å²) >= 11 is 1.73. The van der Waals surface area contributed by atoms with Crippen molar-refractivity contribution in [3.05, 3.63) is 34.0 Å². The molecule has 0 spiro atoms. The van der Waals surface area contributed by atoms with E-state index in [4.69, 9.17) is 9.73 Å². The van der Waals surface area contributed by atoms with E-state index in [1.807, 2.05) is 18.5 Å². The quantitative estimate of drug-likeness (QED) is 0.300. The molecule has 1 atom stereocenters. The van der Waals surface area contributed by atoms with Gasteiger partial charge in [-0.2, -0.15) is 0 Å². The zero-order chi connectivity index (χ0) is 20.6. The van der Waals surface area contributed by atoms with E-state index >= 15 is 0 Å². The summed E-state index contributed by atoms with van der Waals surface area (Å²) in [4.78, 5) is 8.48. The van der Waals surface area contributed by atoms with Gasteiger partial charge in [0.15, 0.2) is 11.8 Å². The molecule has 1 fully saturated rings. The number of halogens is 1. The number of nitrogens with one attached hydrogen (secondary N) is 2. The smallest absolute Gasteiger partial charge is 0.192 e. The van der Waals surface area contributed by atoms with Crippen molar-refractivity contribution in [2.75, 3.05) is 32.8 Å². The van der Waals surface area contributed by atoms with Crippen LogP contribution in [0.25, 0.3) is 0 Å². The maximum Gasteiger partial charge on any atom is 0.192 e. The maximum absolute atomic E-state index is 5.96. The monoisotopic (exact) mass is 547 g/mol. The number of hydrogen-bond donors (Lipinski definition) is 2. The normalized spacial score (nSPS) is 17.8. The molecule has 2 aromatic heterocycles. The van der Waals surface area contributed by atoms with Crippen LogP contribution in [0.3, 0.4) is 0 Å². The summed E-state index contributed by atoms with van der Waals surface area (Å²) in [5, 5.41) is 17.3. The van der Waals surface area contributed by atoms with Gasteiger partial charge >= 0.3 is 0 Å². The number of aromatic nitrogens is 3. The highest BCUT2D eigenvalue weighted by atomic mass is 127. The Morgan fingerprint density at radius 1 is 1.37 bits per heavy atom. The number of hydrogen-bond acceptors (Lipinski definition) is 6. The van der Waals surface area contributed by atoms with Crippen LogP contribution in [0.1, 0.15) is 30.4 Å². The van der Waals surface area contributed by atoms with E-state index in [-0.39, 0.29) is 30.1 Å². The average molecular weight is 548 g/mol. The summed E-state index contributed by atoms with van der Waals surface area (Å²) in [5.41, 5.74) is 0. The molecule has 0 aromatic carbocycles. The second kappa shape index (κ2) is 12.6. The molecule has 0 radical (unpaired) electrons. The van der Waals surface area contributed by atoms with Crippen LogP contribution in [-0.2, 0) is 24.9 Å². The SMILES string of the molecule is Cc1nnc(CN=C(NCc2cccs2)NCC2CN(CC(C)C)CCO2)n1C.I. The standard InChI is InChI=1S/C20H33N7OS.HI/c1-15(2)13-27-7-8-28-17(14-27)10-21-20(22-11-18-6-5-9-29-18)23-12-19-25-24-16(3)26(19)4;/h5-6,9,15,17H,7-8,10-14H2,1-4H3,(H2,21,22,23);1H. The van der Waals surface area contributed by atoms with E-state index in [0.29, 0.717) is 12.5 Å². The molecule has 0 aliphatic carbocycles. The van der Waals surface area contributed by atoms with Gasteiger partial charge in [-0.25, -0.2) is 4.99 Å². The van der Waals surface area contributed by atoms with Gasteiger partial charge in [-0.05, 0) is 24.3 Å². The van der Waals surface area contributed by atoms with Gasteiger partial charge in [0.25, 0.3) is 0 Å². The van der Waals surface area contributed by atoms with Crippen molar-refractivity contribution < 1.29 is 4.74 Å². The second-order valence-corrected chi connectivity index (χ2v) is 8.88. The molecule has 10 heteroatoms. The Morgan fingerprint density at radius 2 is 2.20 bits per heavy atom. The first-order chi connectivity index (χ1) is 14.0. The van der Waals surface area contributed by atoms with E-state index in [1.165, 1.54) is 4.88 Å². The number of aliphatic imine (C=N–C) groups is 1. The van der Waals surface area contributed by atoms with Gasteiger partial charge in [0.2, 0.25) is 0 Å². The molecule has 2 N–H and O–H groups in total. The molecule has 1 unspecified atom stereocenters. The fourth-order valence-corrected chi connectivity index (χ4v) is 3.94. The Bertz CT molecular complexity index is 778. The second-order valence-electron chi connectivity index (χ2n) is 7.85. The highest BCUT2D eigenvalue weighted by Crippen LogP contribution is 2.09. The van der Waals surface area contributed by atoms with E-state index in [0.717, 1.165) is 56.9 Å². The van der Waals surface area contributed by atoms with Gasteiger partial charge in [0.1, 0.15) is 12.4 Å². The number of morpholine rings is 1. The molecule has 8 nitrogen and oxygen atoms in total. The van der Waals surface area contributed by atoms with Crippen molar-refractivity contribution in [1.29, 1.82) is 0 Å². The van der Waals surface area contributed by atoms with Crippen LogP contribution >= 0.6 is 35.3 Å². The molecule has 1 aliphatic rings. The molecule has 3 heterocycles. The number of nitrogens with zero attached hydrogens (tertiary/aromatic N) is 5. The fraction of sp³-hybridized carbons (Fsp3) is 0.650. The molecule has 168 valence electrons. The summed E-state index contributed by atoms with van der Waals surface area (Å²) in [6, 6.07) is 4.18. The van der Waals surface area contributed by atoms with Crippen molar-refractivity contribution >= 4 is 41.3 Å². The minimum Gasteiger partial charge on any atom is -0.374 e. The van der Waals surface area contributed by atoms with Gasteiger partial charge in [0.05, 0.1) is 19.3 Å². The highest BCUT2D eigenvalue weighted by molar-refractivity contribution is 14.0. The Kier molecular flexibility index (Phi) is 10.5. The number of thiophene rings is 1. The average Bonchev–Trinajstić information content (AvgIpc) is 3.32. The third-order valence-electron chi connectivity index (χ3n) is 4.91. The topological polar surface area (TPSA) is 79.6 Å². The van der Waals surface area contributed by atoms with Crippen LogP contribution in [0.15, 0.2) is 22.5 Å². The Labute approximate surface area is 200 Å². The summed E-state index contributed by atoms with van der Waals surface area (Å²) in [5.74, 6) is 3.17. The Hall–Kier alpha value is -1.24. The van der Waals surface area contributed by atoms with Gasteiger partial charge in [-0.1, -0.05) is 19.9 Å². The minimum atomic E-state index is 0. The molecule has 1 aliphatic heterocycles. The van der Waals surface area contributed by atoms with Gasteiger partial charge < -0.3 is 19.9 Å². The van der Waals surface area contributed by atoms with Crippen LogP contribution in [0, 0.1) is 12.8 Å². The molecule has 30 heavy (non-hydrogen) atoms. The van der Waals surface area contributed by atoms with E-state index in [9.17, 15) is 0 Å². The maximum atomic E-state index is 5.96. The molecule has 0 amide bonds. The lowest BCUT2D eigenvalue weighted by Gasteiger charge is -2.34. The molecule has 0 bridgehead atoms. The van der Waals surface area contributed by atoms with Gasteiger partial charge in [0, 0.05) is 38.1 Å². The summed E-state index contributed by atoms with van der Waals surface area (Å²) in [6.07, 6.45) is 0.160. The predicted octanol–water partition coefficient (Wildman–Crippen LogP) is 2.40. The summed E-state index contributed by atoms with van der Waals surface area (Å²) in [6.45, 7) is 12.3. The minimum absolute atomic E-state index is 0. The Balaban J connectivity index is 0.00000320. The van der Waals surface area contributed by atoms with Crippen molar-refractivity contribution in [3.8, 4) is 0 Å². The molecular formula is C20H34IN7OS. The number of rotatable bonds is 8. The molecule has 3 rings (SSSR count). The third-order valence-corrected chi connectivity index (χ3v) is 5.79. The fourth-order valence-electron chi connectivity index (χ4n) is 3.29. The summed E-state index contributed by atoms with van der Waals surface area (Å²) in [7, 11) is 1.96. The van der Waals surface area contributed by atoms with Crippen LogP contribution in [-0.4, -0.2) is 64.5 Å². The van der Waals surface area contributed by atoms with Crippen molar-refractivity contribution in [1.82, 2.24) is 30.3 Å². The summed E-state index contributed by atoms with van der Waals surface area (Å²) < 4.78 is 7.93. The lowest BCUT2D eigenvalue weighted by Crippen LogP contribution is -2.50. The first-order valence-corrected chi connectivity index (χ1v) is 11.1. The molecule has 0 saturated carbocycles. The number of guanidine groups is 1. The zero-order valence-electron chi connectivity index (χ0n) is 18.3. The van der Waals surface area contributed by atoms with Crippen molar-refractivity contribution in [2.45, 2.75) is 40.0 Å². The highest BCUT2D eigenvalue weighted by Gasteiger charge is 2.21. The van der Waals surface area contributed by atoms with Crippen LogP contribution < -0.4 is 10.6 Å². The predicted molar refractivity (Wildman–Crippen MR) is 132 cm³/mol. The van der Waals surface area contributed by atoms with E-state index < -0.39 is 0 Å². The van der Waals surface area contributed by atoms with Crippen molar-refractivity contribution in [2.24, 2.45) is 18.0 Å². The zero-order valence-corrected chi connectivity index (χ0v) is 21.4. The molecule has 2 aromatic rings. The molecule has 1 saturated heterocycles. The number of aryl methyl sites for hydroxylation is 1. The van der Waals surface area contributed by atoms with Crippen molar-refractivity contribution in [3.63, 3.8) is 0 Å². The van der Waals surface area contributed by atoms with E-state index in [1.54, 1.807) is 11.3 Å². The number of ether oxygens (including phenoxy) is 1. The lowest BCUT2D eigenvalue weighted by molar-refractivity contribution is -0.0284. The van der Waals surface area contributed by atoms with Crippen LogP contribution in [0.5, 0.6) is 0 Å². The van der Waals surface area contributed by atoms with Crippen LogP contribution in [0.4, 0.5) is 0 Å². The Morgan fingerprint density at radius 3 is 2.87 bits per heavy atom. The van der Waals surface area contributed by atoms with Gasteiger partial charge in [-0.3, -0.25) is 4.90 Å². The van der Waals surface area contributed by atoms with E-state index in [2.05, 4.69) is 57.1 Å². The van der Waals surface area contributed by atoms with Crippen LogP contribution in [0.2, 0.25) is 0 Å². The third kappa shape index (κ3) is 7.78. The first kappa shape index (κ1) is 25.0. The molecular weight excluding hydrogens is 513 g/mol.